The van der Waals surface area contributed by atoms with E-state index in [0.29, 0.717) is 44.6 Å². The standard InChI is InChI=1S/C40H60N4O3/c1-5-41-21-23-42(35(2)29-45-32-38-15-9-6-10-16-38)25-27-44(37(4)31-47-34-40-19-13-8-14-20-40)28-26-43(24-22-41)36(3)30-46-33-39-17-11-7-12-18-39/h6-20,35-37H,5,21-34H2,1-4H3. The average molecular weight is 645 g/mol. The number of nitrogens with zero attached hydrogens (tertiary/aromatic N) is 4. The molecule has 1 aliphatic rings. The van der Waals surface area contributed by atoms with Crippen molar-refractivity contribution in [3.8, 4) is 0 Å². The lowest BCUT2D eigenvalue weighted by atomic mass is 10.2. The number of hydrogen-bond acceptors (Lipinski definition) is 7. The fourth-order valence-electron chi connectivity index (χ4n) is 6.22. The normalized spacial score (nSPS) is 18.6. The molecule has 3 aromatic rings. The summed E-state index contributed by atoms with van der Waals surface area (Å²) in [5.41, 5.74) is 3.68. The molecule has 3 aromatic carbocycles. The number of benzene rings is 3. The third-order valence-electron chi connectivity index (χ3n) is 9.48. The van der Waals surface area contributed by atoms with Gasteiger partial charge in [-0.1, -0.05) is 97.9 Å². The third-order valence-corrected chi connectivity index (χ3v) is 9.48. The second-order valence-electron chi connectivity index (χ2n) is 13.1. The van der Waals surface area contributed by atoms with Gasteiger partial charge in [0, 0.05) is 70.5 Å². The predicted octanol–water partition coefficient (Wildman–Crippen LogP) is 6.04. The second-order valence-corrected chi connectivity index (χ2v) is 13.1. The van der Waals surface area contributed by atoms with Crippen LogP contribution in [0, 0.1) is 0 Å². The fraction of sp³-hybridized carbons (Fsp3) is 0.550. The van der Waals surface area contributed by atoms with E-state index in [1.807, 2.05) is 0 Å². The van der Waals surface area contributed by atoms with Crippen LogP contribution in [0.15, 0.2) is 91.0 Å². The molecule has 1 heterocycles. The first-order chi connectivity index (χ1) is 23.0. The van der Waals surface area contributed by atoms with E-state index in [-0.39, 0.29) is 0 Å². The number of hydrogen-bond donors (Lipinski definition) is 0. The Morgan fingerprint density at radius 2 is 0.723 bits per heavy atom. The number of likely N-dealkylation sites (N-methyl/N-ethyl adjacent to an activating group) is 1. The molecule has 7 heteroatoms. The van der Waals surface area contributed by atoms with Crippen LogP contribution in [0.3, 0.4) is 0 Å². The van der Waals surface area contributed by atoms with Crippen LogP contribution in [0.1, 0.15) is 44.4 Å². The van der Waals surface area contributed by atoms with Crippen molar-refractivity contribution in [2.75, 3.05) is 78.7 Å². The summed E-state index contributed by atoms with van der Waals surface area (Å²) in [6.07, 6.45) is 0. The number of rotatable bonds is 16. The van der Waals surface area contributed by atoms with Gasteiger partial charge in [0.05, 0.1) is 39.6 Å². The highest BCUT2D eigenvalue weighted by Crippen LogP contribution is 2.12. The first-order valence-corrected chi connectivity index (χ1v) is 17.8. The molecule has 0 bridgehead atoms. The molecule has 1 aliphatic heterocycles. The second kappa shape index (κ2) is 21.4. The van der Waals surface area contributed by atoms with Crippen LogP contribution in [-0.4, -0.2) is 116 Å². The van der Waals surface area contributed by atoms with Gasteiger partial charge in [0.2, 0.25) is 0 Å². The van der Waals surface area contributed by atoms with E-state index in [2.05, 4.69) is 138 Å². The first kappa shape index (κ1) is 37.2. The zero-order chi connectivity index (χ0) is 33.1. The molecule has 7 nitrogen and oxygen atoms in total. The smallest absolute Gasteiger partial charge is 0.0717 e. The van der Waals surface area contributed by atoms with E-state index < -0.39 is 0 Å². The van der Waals surface area contributed by atoms with Crippen molar-refractivity contribution in [1.82, 2.24) is 19.6 Å². The monoisotopic (exact) mass is 644 g/mol. The minimum Gasteiger partial charge on any atom is -0.375 e. The Balaban J connectivity index is 1.38. The molecule has 0 spiro atoms. The van der Waals surface area contributed by atoms with E-state index in [1.54, 1.807) is 0 Å². The van der Waals surface area contributed by atoms with E-state index in [0.717, 1.165) is 72.1 Å². The zero-order valence-corrected chi connectivity index (χ0v) is 29.5. The SMILES string of the molecule is CCN1CCN(C(C)COCc2ccccc2)CCN(C(C)COCc2ccccc2)CCN(C(C)COCc2ccccc2)CC1. The van der Waals surface area contributed by atoms with Gasteiger partial charge in [-0.25, -0.2) is 0 Å². The molecule has 0 radical (unpaired) electrons. The van der Waals surface area contributed by atoms with Gasteiger partial charge in [-0.15, -0.1) is 0 Å². The van der Waals surface area contributed by atoms with Crippen molar-refractivity contribution in [3.05, 3.63) is 108 Å². The minimum atomic E-state index is 0.312. The van der Waals surface area contributed by atoms with Crippen LogP contribution in [0.2, 0.25) is 0 Å². The van der Waals surface area contributed by atoms with Crippen molar-refractivity contribution >= 4 is 0 Å². The van der Waals surface area contributed by atoms with Crippen LogP contribution >= 0.6 is 0 Å². The van der Waals surface area contributed by atoms with Gasteiger partial charge in [0.15, 0.2) is 0 Å². The molecule has 1 saturated heterocycles. The highest BCUT2D eigenvalue weighted by molar-refractivity contribution is 5.14. The summed E-state index contributed by atoms with van der Waals surface area (Å²) >= 11 is 0. The van der Waals surface area contributed by atoms with Gasteiger partial charge in [-0.3, -0.25) is 14.7 Å². The van der Waals surface area contributed by atoms with Crippen LogP contribution in [0.5, 0.6) is 0 Å². The molecular weight excluding hydrogens is 584 g/mol. The summed E-state index contributed by atoms with van der Waals surface area (Å²) in [7, 11) is 0. The van der Waals surface area contributed by atoms with Crippen LogP contribution in [0.4, 0.5) is 0 Å². The Morgan fingerprint density at radius 3 is 1.00 bits per heavy atom. The van der Waals surface area contributed by atoms with Crippen LogP contribution < -0.4 is 0 Å². The van der Waals surface area contributed by atoms with Gasteiger partial charge in [-0.05, 0) is 44.0 Å². The molecule has 47 heavy (non-hydrogen) atoms. The quantitative estimate of drug-likeness (QED) is 0.188. The lowest BCUT2D eigenvalue weighted by Gasteiger charge is -2.39. The largest absolute Gasteiger partial charge is 0.375 e. The maximum Gasteiger partial charge on any atom is 0.0717 e. The van der Waals surface area contributed by atoms with Crippen LogP contribution in [0.25, 0.3) is 0 Å². The Kier molecular flexibility index (Phi) is 16.9. The maximum absolute atomic E-state index is 6.26. The van der Waals surface area contributed by atoms with E-state index in [1.165, 1.54) is 16.7 Å². The lowest BCUT2D eigenvalue weighted by molar-refractivity contribution is 0.0154. The summed E-state index contributed by atoms with van der Waals surface area (Å²) in [6, 6.07) is 32.5. The summed E-state index contributed by atoms with van der Waals surface area (Å²) < 4.78 is 18.7. The van der Waals surface area contributed by atoms with Gasteiger partial charge < -0.3 is 19.1 Å². The summed E-state index contributed by atoms with van der Waals surface area (Å²) in [5, 5.41) is 0. The van der Waals surface area contributed by atoms with Gasteiger partial charge >= 0.3 is 0 Å². The first-order valence-electron chi connectivity index (χ1n) is 17.8. The van der Waals surface area contributed by atoms with E-state index >= 15 is 0 Å². The highest BCUT2D eigenvalue weighted by atomic mass is 16.5. The topological polar surface area (TPSA) is 40.7 Å². The zero-order valence-electron chi connectivity index (χ0n) is 29.5. The molecular formula is C40H60N4O3. The molecule has 0 amide bonds. The molecule has 258 valence electrons. The van der Waals surface area contributed by atoms with Gasteiger partial charge in [-0.2, -0.15) is 0 Å². The number of ether oxygens (including phenoxy) is 3. The highest BCUT2D eigenvalue weighted by Gasteiger charge is 2.23. The van der Waals surface area contributed by atoms with E-state index in [9.17, 15) is 0 Å². The molecule has 3 unspecified atom stereocenters. The molecule has 0 aliphatic carbocycles. The lowest BCUT2D eigenvalue weighted by Crippen LogP contribution is -2.52. The Hall–Kier alpha value is -2.62. The minimum absolute atomic E-state index is 0.312. The molecule has 0 saturated carbocycles. The predicted molar refractivity (Wildman–Crippen MR) is 194 cm³/mol. The Morgan fingerprint density at radius 1 is 0.447 bits per heavy atom. The van der Waals surface area contributed by atoms with Crippen molar-refractivity contribution in [2.24, 2.45) is 0 Å². The van der Waals surface area contributed by atoms with Crippen molar-refractivity contribution in [1.29, 1.82) is 0 Å². The molecule has 0 aromatic heterocycles. The van der Waals surface area contributed by atoms with Crippen molar-refractivity contribution in [3.63, 3.8) is 0 Å². The molecule has 3 atom stereocenters. The Bertz CT molecular complexity index is 1130. The van der Waals surface area contributed by atoms with Gasteiger partial charge in [0.1, 0.15) is 0 Å². The Labute approximate surface area is 285 Å². The van der Waals surface area contributed by atoms with Crippen molar-refractivity contribution in [2.45, 2.75) is 65.6 Å². The average Bonchev–Trinajstić information content (AvgIpc) is 3.10. The summed E-state index contributed by atoms with van der Waals surface area (Å²) in [6.45, 7) is 22.6. The van der Waals surface area contributed by atoms with Crippen molar-refractivity contribution < 1.29 is 14.2 Å². The molecule has 1 fully saturated rings. The third kappa shape index (κ3) is 13.8. The van der Waals surface area contributed by atoms with Crippen LogP contribution in [-0.2, 0) is 34.0 Å². The maximum atomic E-state index is 6.26. The summed E-state index contributed by atoms with van der Waals surface area (Å²) in [4.78, 5) is 10.5. The van der Waals surface area contributed by atoms with E-state index in [4.69, 9.17) is 14.2 Å². The van der Waals surface area contributed by atoms with Gasteiger partial charge in [0.25, 0.3) is 0 Å². The molecule has 0 N–H and O–H groups in total. The fourth-order valence-corrected chi connectivity index (χ4v) is 6.22. The molecule has 4 rings (SSSR count). The summed E-state index contributed by atoms with van der Waals surface area (Å²) in [5.74, 6) is 0.